The van der Waals surface area contributed by atoms with Gasteiger partial charge in [-0.05, 0) is 37.6 Å². The zero-order valence-electron chi connectivity index (χ0n) is 11.3. The number of hydrogen-bond donors (Lipinski definition) is 2. The van der Waals surface area contributed by atoms with Gasteiger partial charge in [0.15, 0.2) is 0 Å². The lowest BCUT2D eigenvalue weighted by Gasteiger charge is -2.13. The summed E-state index contributed by atoms with van der Waals surface area (Å²) in [5, 5.41) is 0. The number of nitrogens with one attached hydrogen (secondary N) is 1. The van der Waals surface area contributed by atoms with Gasteiger partial charge in [0.05, 0.1) is 4.88 Å². The van der Waals surface area contributed by atoms with Crippen molar-refractivity contribution in [1.82, 2.24) is 9.62 Å². The quantitative estimate of drug-likeness (QED) is 0.760. The van der Waals surface area contributed by atoms with E-state index in [0.29, 0.717) is 17.3 Å². The van der Waals surface area contributed by atoms with Gasteiger partial charge in [-0.3, -0.25) is 0 Å². The Bertz CT molecular complexity index is 583. The molecule has 0 spiro atoms. The second kappa shape index (κ2) is 6.48. The van der Waals surface area contributed by atoms with Crippen molar-refractivity contribution in [3.63, 3.8) is 0 Å². The molecule has 1 aliphatic heterocycles. The first kappa shape index (κ1) is 15.8. The summed E-state index contributed by atoms with van der Waals surface area (Å²) in [6.45, 7) is 5.63. The topological polar surface area (TPSA) is 75.4 Å². The van der Waals surface area contributed by atoms with E-state index in [1.54, 1.807) is 12.1 Å². The van der Waals surface area contributed by atoms with Crippen LogP contribution in [0.4, 0.5) is 0 Å². The fourth-order valence-electron chi connectivity index (χ4n) is 2.26. The van der Waals surface area contributed by atoms with E-state index in [9.17, 15) is 8.42 Å². The van der Waals surface area contributed by atoms with Crippen molar-refractivity contribution >= 4 is 38.6 Å². The zero-order valence-corrected chi connectivity index (χ0v) is 13.8. The smallest absolute Gasteiger partial charge is 0.250 e. The van der Waals surface area contributed by atoms with Crippen molar-refractivity contribution in [2.45, 2.75) is 17.6 Å². The molecule has 0 aromatic carbocycles. The molecule has 1 atom stereocenters. The summed E-state index contributed by atoms with van der Waals surface area (Å²) in [5.74, 6) is 0.389. The van der Waals surface area contributed by atoms with Gasteiger partial charge < -0.3 is 10.6 Å². The molecule has 8 heteroatoms. The van der Waals surface area contributed by atoms with Gasteiger partial charge in [-0.25, -0.2) is 13.1 Å². The van der Waals surface area contributed by atoms with Gasteiger partial charge in [-0.1, -0.05) is 19.1 Å². The number of nitrogens with zero attached hydrogens (tertiary/aromatic N) is 1. The Kier molecular flexibility index (Phi) is 5.14. The van der Waals surface area contributed by atoms with Crippen LogP contribution < -0.4 is 10.5 Å². The van der Waals surface area contributed by atoms with Crippen molar-refractivity contribution in [3.05, 3.63) is 17.0 Å². The maximum atomic E-state index is 12.2. The van der Waals surface area contributed by atoms with Gasteiger partial charge >= 0.3 is 0 Å². The Morgan fingerprint density at radius 1 is 1.60 bits per heavy atom. The van der Waals surface area contributed by atoms with Crippen LogP contribution in [0.2, 0.25) is 0 Å². The standard InChI is InChI=1S/C12H19N3O2S3/c1-2-15-6-5-9(8-15)7-14-20(16,17)11-4-3-10(19-11)12(13)18/h3-4,9,14H,2,5-8H2,1H3,(H2,13,18). The molecular weight excluding hydrogens is 314 g/mol. The van der Waals surface area contributed by atoms with Gasteiger partial charge in [0.2, 0.25) is 10.0 Å². The van der Waals surface area contributed by atoms with E-state index in [1.165, 1.54) is 0 Å². The van der Waals surface area contributed by atoms with E-state index < -0.39 is 10.0 Å². The summed E-state index contributed by atoms with van der Waals surface area (Å²) in [6, 6.07) is 3.20. The van der Waals surface area contributed by atoms with Crippen LogP contribution in [0.15, 0.2) is 16.3 Å². The van der Waals surface area contributed by atoms with Gasteiger partial charge in [-0.15, -0.1) is 11.3 Å². The average Bonchev–Trinajstić information content (AvgIpc) is 3.05. The summed E-state index contributed by atoms with van der Waals surface area (Å²) in [4.78, 5) is 3.18. The highest BCUT2D eigenvalue weighted by molar-refractivity contribution is 7.91. The molecule has 1 unspecified atom stereocenters. The van der Waals surface area contributed by atoms with E-state index in [2.05, 4.69) is 16.5 Å². The average molecular weight is 334 g/mol. The van der Waals surface area contributed by atoms with Crippen LogP contribution in [0.25, 0.3) is 0 Å². The Hall–Kier alpha value is -0.540. The van der Waals surface area contributed by atoms with Crippen LogP contribution in [0.5, 0.6) is 0 Å². The highest BCUT2D eigenvalue weighted by Crippen LogP contribution is 2.22. The minimum Gasteiger partial charge on any atom is -0.389 e. The summed E-state index contributed by atoms with van der Waals surface area (Å²) >= 11 is 5.95. The van der Waals surface area contributed by atoms with E-state index >= 15 is 0 Å². The van der Waals surface area contributed by atoms with Gasteiger partial charge in [0.25, 0.3) is 0 Å². The molecule has 1 aromatic rings. The minimum atomic E-state index is -3.45. The highest BCUT2D eigenvalue weighted by atomic mass is 32.2. The second-order valence-electron chi connectivity index (χ2n) is 4.88. The number of thiophene rings is 1. The molecule has 3 N–H and O–H groups in total. The summed E-state index contributed by atoms with van der Waals surface area (Å²) in [5.41, 5.74) is 5.50. The lowest BCUT2D eigenvalue weighted by atomic mass is 10.1. The molecule has 0 bridgehead atoms. The first-order chi connectivity index (χ1) is 9.42. The summed E-state index contributed by atoms with van der Waals surface area (Å²) in [7, 11) is -3.45. The zero-order chi connectivity index (χ0) is 14.8. The molecule has 1 aliphatic rings. The summed E-state index contributed by atoms with van der Waals surface area (Å²) in [6.07, 6.45) is 1.04. The first-order valence-corrected chi connectivity index (χ1v) is 9.25. The Morgan fingerprint density at radius 2 is 2.35 bits per heavy atom. The van der Waals surface area contributed by atoms with E-state index in [-0.39, 0.29) is 9.20 Å². The molecule has 1 fully saturated rings. The van der Waals surface area contributed by atoms with Crippen molar-refractivity contribution in [2.75, 3.05) is 26.2 Å². The van der Waals surface area contributed by atoms with Crippen molar-refractivity contribution in [2.24, 2.45) is 11.7 Å². The lowest BCUT2D eigenvalue weighted by Crippen LogP contribution is -2.30. The molecule has 2 rings (SSSR count). The fraction of sp³-hybridized carbons (Fsp3) is 0.583. The van der Waals surface area contributed by atoms with Gasteiger partial charge in [0, 0.05) is 13.1 Å². The minimum absolute atomic E-state index is 0.228. The van der Waals surface area contributed by atoms with Crippen molar-refractivity contribution < 1.29 is 8.42 Å². The Morgan fingerprint density at radius 3 is 2.90 bits per heavy atom. The third-order valence-electron chi connectivity index (χ3n) is 3.47. The van der Waals surface area contributed by atoms with Crippen LogP contribution in [-0.2, 0) is 10.0 Å². The lowest BCUT2D eigenvalue weighted by molar-refractivity contribution is 0.342. The number of rotatable bonds is 6. The molecule has 0 radical (unpaired) electrons. The predicted molar refractivity (Wildman–Crippen MR) is 85.6 cm³/mol. The van der Waals surface area contributed by atoms with Crippen LogP contribution in [-0.4, -0.2) is 44.5 Å². The molecule has 112 valence electrons. The van der Waals surface area contributed by atoms with Crippen LogP contribution in [0, 0.1) is 5.92 Å². The molecule has 1 saturated heterocycles. The number of thiocarbonyl (C=S) groups is 1. The van der Waals surface area contributed by atoms with Gasteiger partial charge in [0.1, 0.15) is 9.20 Å². The fourth-order valence-corrected chi connectivity index (χ4v) is 4.77. The SMILES string of the molecule is CCN1CCC(CNS(=O)(=O)c2ccc(C(N)=S)s2)C1. The van der Waals surface area contributed by atoms with Gasteiger partial charge in [-0.2, -0.15) is 0 Å². The molecular formula is C12H19N3O2S3. The van der Waals surface area contributed by atoms with Crippen molar-refractivity contribution in [1.29, 1.82) is 0 Å². The molecule has 2 heterocycles. The Balaban J connectivity index is 1.95. The monoisotopic (exact) mass is 333 g/mol. The second-order valence-corrected chi connectivity index (χ2v) is 8.40. The molecule has 0 saturated carbocycles. The van der Waals surface area contributed by atoms with E-state index in [4.69, 9.17) is 18.0 Å². The van der Waals surface area contributed by atoms with Crippen LogP contribution >= 0.6 is 23.6 Å². The molecule has 0 amide bonds. The maximum absolute atomic E-state index is 12.2. The van der Waals surface area contributed by atoms with Crippen molar-refractivity contribution in [3.8, 4) is 0 Å². The first-order valence-electron chi connectivity index (χ1n) is 6.54. The molecule has 0 aliphatic carbocycles. The van der Waals surface area contributed by atoms with Crippen LogP contribution in [0.3, 0.4) is 0 Å². The number of sulfonamides is 1. The largest absolute Gasteiger partial charge is 0.389 e. The highest BCUT2D eigenvalue weighted by Gasteiger charge is 2.24. The third kappa shape index (κ3) is 3.76. The summed E-state index contributed by atoms with van der Waals surface area (Å²) < 4.78 is 27.3. The molecule has 20 heavy (non-hydrogen) atoms. The molecule has 5 nitrogen and oxygen atoms in total. The van der Waals surface area contributed by atoms with E-state index in [0.717, 1.165) is 37.4 Å². The number of hydrogen-bond acceptors (Lipinski definition) is 5. The number of likely N-dealkylation sites (tertiary alicyclic amines) is 1. The van der Waals surface area contributed by atoms with E-state index in [1.807, 2.05) is 0 Å². The Labute approximate surface area is 129 Å². The third-order valence-corrected chi connectivity index (χ3v) is 6.85. The normalized spacial score (nSPS) is 20.4. The molecule has 1 aromatic heterocycles. The number of nitrogens with two attached hydrogens (primary N) is 1. The van der Waals surface area contributed by atoms with Crippen LogP contribution in [0.1, 0.15) is 18.2 Å². The maximum Gasteiger partial charge on any atom is 0.250 e. The predicted octanol–water partition coefficient (Wildman–Crippen LogP) is 1.00.